The molecule has 0 spiro atoms. The number of phenolic OH excluding ortho intramolecular Hbond substituents is 2. The largest absolute Gasteiger partial charge is 2.00 e. The maximum atomic E-state index is 10.9. The van der Waals surface area contributed by atoms with E-state index in [1.54, 1.807) is 0 Å². The molecule has 2 unspecified atom stereocenters. The van der Waals surface area contributed by atoms with Crippen molar-refractivity contribution in [3.8, 4) is 11.5 Å². The first-order chi connectivity index (χ1) is 21.2. The quantitative estimate of drug-likeness (QED) is 0.263. The summed E-state index contributed by atoms with van der Waals surface area (Å²) in [6, 6.07) is 8.69. The number of carbonyl (C=O) groups excluding carboxylic acids is 2. The van der Waals surface area contributed by atoms with Crippen molar-refractivity contribution < 1.29 is 46.8 Å². The molecule has 1 aliphatic carbocycles. The van der Waals surface area contributed by atoms with Gasteiger partial charge in [0.2, 0.25) is 0 Å². The van der Waals surface area contributed by atoms with Crippen LogP contribution in [0, 0.1) is 0 Å². The normalized spacial score (nSPS) is 15.8. The van der Waals surface area contributed by atoms with Crippen LogP contribution in [-0.2, 0) is 39.2 Å². The Labute approximate surface area is 286 Å². The molecule has 9 heteroatoms. The third-order valence-electron chi connectivity index (χ3n) is 7.59. The van der Waals surface area contributed by atoms with E-state index in [1.165, 1.54) is 11.1 Å². The van der Waals surface area contributed by atoms with Crippen LogP contribution in [0.2, 0.25) is 0 Å². The van der Waals surface area contributed by atoms with Gasteiger partial charge in [0.15, 0.2) is 0 Å². The number of unbranched alkanes of at least 4 members (excludes halogenated alkanes) is 2. The molecule has 46 heavy (non-hydrogen) atoms. The molecule has 1 saturated carbocycles. The summed E-state index contributed by atoms with van der Waals surface area (Å²) in [5, 5.41) is 39.7. The van der Waals surface area contributed by atoms with E-state index < -0.39 is 11.9 Å². The minimum absolute atomic E-state index is 0. The molecule has 0 amide bonds. The number of nitrogens with zero attached hydrogens (tertiary/aromatic N) is 2. The number of aromatic hydroxyl groups is 2. The van der Waals surface area contributed by atoms with Crippen LogP contribution in [0.1, 0.15) is 146 Å². The second-order valence-electron chi connectivity index (χ2n) is 12.4. The van der Waals surface area contributed by atoms with E-state index in [9.17, 15) is 10.2 Å². The molecule has 0 bridgehead atoms. The first kappa shape index (κ1) is 42.8. The van der Waals surface area contributed by atoms with Crippen molar-refractivity contribution in [2.24, 2.45) is 9.98 Å². The van der Waals surface area contributed by atoms with Gasteiger partial charge in [0.1, 0.15) is 11.5 Å². The summed E-state index contributed by atoms with van der Waals surface area (Å²) >= 11 is 0. The van der Waals surface area contributed by atoms with Crippen LogP contribution < -0.4 is 10.2 Å². The zero-order valence-corrected chi connectivity index (χ0v) is 29.9. The average Bonchev–Trinajstić information content (AvgIpc) is 3.41. The van der Waals surface area contributed by atoms with Gasteiger partial charge in [-0.1, -0.05) is 66.5 Å². The molecular formula is C37H54CoN2O6. The Hall–Kier alpha value is -3.17. The van der Waals surface area contributed by atoms with E-state index in [-0.39, 0.29) is 40.7 Å². The molecule has 0 saturated heterocycles. The van der Waals surface area contributed by atoms with Crippen LogP contribution in [0.5, 0.6) is 11.5 Å². The van der Waals surface area contributed by atoms with Crippen LogP contribution in [-0.4, -0.2) is 46.7 Å². The predicted molar refractivity (Wildman–Crippen MR) is 180 cm³/mol. The first-order valence-corrected chi connectivity index (χ1v) is 16.3. The minimum atomic E-state index is -1.08. The third kappa shape index (κ3) is 15.4. The van der Waals surface area contributed by atoms with E-state index in [2.05, 4.69) is 65.8 Å². The molecule has 1 aliphatic rings. The molecule has 3 rings (SSSR count). The van der Waals surface area contributed by atoms with E-state index in [1.807, 2.05) is 12.4 Å². The van der Waals surface area contributed by atoms with Crippen molar-refractivity contribution in [1.82, 2.24) is 0 Å². The second-order valence-corrected chi connectivity index (χ2v) is 12.4. The summed E-state index contributed by atoms with van der Waals surface area (Å²) in [6.07, 6.45) is 13.4. The SMILES string of the molecule is CC(=O)[O-].CC(=O)[O-].CCCCc1cc(C=NC2CCCC2N=Cc2cc(CCCC)cc(C(C)C)c2O)c(O)c(C(C)C)c1.[Co+2]. The van der Waals surface area contributed by atoms with Crippen LogP contribution in [0.4, 0.5) is 0 Å². The molecule has 257 valence electrons. The van der Waals surface area contributed by atoms with Crippen molar-refractivity contribution in [3.05, 3.63) is 57.6 Å². The Morgan fingerprint density at radius 1 is 0.761 bits per heavy atom. The van der Waals surface area contributed by atoms with Gasteiger partial charge in [0.25, 0.3) is 0 Å². The zero-order valence-electron chi connectivity index (χ0n) is 28.9. The van der Waals surface area contributed by atoms with Gasteiger partial charge in [-0.25, -0.2) is 0 Å². The van der Waals surface area contributed by atoms with Crippen molar-refractivity contribution >= 4 is 24.4 Å². The zero-order chi connectivity index (χ0) is 34.1. The summed E-state index contributed by atoms with van der Waals surface area (Å²) in [7, 11) is 0. The molecular weight excluding hydrogens is 627 g/mol. The maximum absolute atomic E-state index is 10.9. The summed E-state index contributed by atoms with van der Waals surface area (Å²) in [6.45, 7) is 14.9. The van der Waals surface area contributed by atoms with E-state index in [0.29, 0.717) is 11.5 Å². The van der Waals surface area contributed by atoms with Crippen LogP contribution in [0.15, 0.2) is 34.3 Å². The van der Waals surface area contributed by atoms with Crippen molar-refractivity contribution in [2.75, 3.05) is 0 Å². The van der Waals surface area contributed by atoms with E-state index in [4.69, 9.17) is 29.8 Å². The summed E-state index contributed by atoms with van der Waals surface area (Å²) in [5.41, 5.74) is 6.16. The van der Waals surface area contributed by atoms with Gasteiger partial charge in [0, 0.05) is 35.5 Å². The van der Waals surface area contributed by atoms with Gasteiger partial charge in [-0.15, -0.1) is 0 Å². The summed E-state index contributed by atoms with van der Waals surface area (Å²) in [4.78, 5) is 27.6. The Kier molecular flexibility index (Phi) is 20.8. The topological polar surface area (TPSA) is 145 Å². The molecule has 2 atom stereocenters. The molecule has 1 radical (unpaired) electrons. The van der Waals surface area contributed by atoms with E-state index >= 15 is 0 Å². The van der Waals surface area contributed by atoms with E-state index in [0.717, 1.165) is 93.9 Å². The number of carboxylic acids is 2. The van der Waals surface area contributed by atoms with Gasteiger partial charge in [-0.2, -0.15) is 0 Å². The number of aliphatic carboxylic acids is 2. The first-order valence-electron chi connectivity index (χ1n) is 16.3. The number of aliphatic imine (C=N–C) groups is 2. The van der Waals surface area contributed by atoms with Crippen molar-refractivity contribution in [1.29, 1.82) is 0 Å². The summed E-state index contributed by atoms with van der Waals surface area (Å²) in [5.74, 6) is -0.942. The Bertz CT molecular complexity index is 1180. The Morgan fingerprint density at radius 3 is 1.37 bits per heavy atom. The minimum Gasteiger partial charge on any atom is -0.550 e. The standard InChI is InChI=1S/C33H48N2O2.2C2H4O2.Co/c1-7-9-12-24-16-26(32(36)28(18-24)22(3)4)20-34-30-14-11-15-31(30)35-21-27-17-25(13-10-8-2)19-29(23(5)6)33(27)37;2*1-2(3)4;/h16-23,30-31,36-37H,7-15H2,1-6H3;2*1H3,(H,3,4);/q;;;+2/p-2. The van der Waals surface area contributed by atoms with Crippen molar-refractivity contribution in [3.63, 3.8) is 0 Å². The molecule has 8 nitrogen and oxygen atoms in total. The third-order valence-corrected chi connectivity index (χ3v) is 7.59. The number of carbonyl (C=O) groups is 2. The molecule has 0 aromatic heterocycles. The maximum Gasteiger partial charge on any atom is 2.00 e. The average molecular weight is 682 g/mol. The molecule has 0 aliphatic heterocycles. The van der Waals surface area contributed by atoms with Gasteiger partial charge >= 0.3 is 16.8 Å². The number of hydrogen-bond acceptors (Lipinski definition) is 8. The smallest absolute Gasteiger partial charge is 0.550 e. The number of rotatable bonds is 12. The second kappa shape index (κ2) is 22.4. The number of hydrogen-bond donors (Lipinski definition) is 2. The fraction of sp³-hybridized carbons (Fsp3) is 0.568. The Balaban J connectivity index is 0.00000201. The Morgan fingerprint density at radius 2 is 1.09 bits per heavy atom. The fourth-order valence-electron chi connectivity index (χ4n) is 5.24. The number of aryl methyl sites for hydroxylation is 2. The van der Waals surface area contributed by atoms with Crippen LogP contribution in [0.25, 0.3) is 0 Å². The van der Waals surface area contributed by atoms with Gasteiger partial charge < -0.3 is 30.0 Å². The van der Waals surface area contributed by atoms with Gasteiger partial charge in [-0.3, -0.25) is 9.98 Å². The monoisotopic (exact) mass is 681 g/mol. The molecule has 2 aromatic rings. The molecule has 2 N–H and O–H groups in total. The predicted octanol–water partition coefficient (Wildman–Crippen LogP) is 6.00. The molecule has 2 aromatic carbocycles. The number of carboxylic acid groups (broad SMARTS) is 2. The van der Waals surface area contributed by atoms with Crippen LogP contribution >= 0.6 is 0 Å². The molecule has 0 heterocycles. The van der Waals surface area contributed by atoms with Crippen molar-refractivity contribution in [2.45, 2.75) is 137 Å². The van der Waals surface area contributed by atoms with Gasteiger partial charge in [-0.05, 0) is 105 Å². The fourth-order valence-corrected chi connectivity index (χ4v) is 5.24. The number of phenols is 2. The van der Waals surface area contributed by atoms with Crippen LogP contribution in [0.3, 0.4) is 0 Å². The molecule has 1 fully saturated rings. The number of benzene rings is 2. The van der Waals surface area contributed by atoms with Gasteiger partial charge in [0.05, 0.1) is 12.1 Å². The summed E-state index contributed by atoms with van der Waals surface area (Å²) < 4.78 is 0.